The van der Waals surface area contributed by atoms with Crippen LogP contribution in [0.2, 0.25) is 0 Å². The van der Waals surface area contributed by atoms with Crippen LogP contribution in [0.15, 0.2) is 5.10 Å². The van der Waals surface area contributed by atoms with Gasteiger partial charge < -0.3 is 5.11 Å². The summed E-state index contributed by atoms with van der Waals surface area (Å²) < 4.78 is 0. The first-order valence-electron chi connectivity index (χ1n) is 5.19. The van der Waals surface area contributed by atoms with Crippen molar-refractivity contribution in [1.82, 2.24) is 5.43 Å². The van der Waals surface area contributed by atoms with Crippen LogP contribution in [0.4, 0.5) is 0 Å². The number of aliphatic hydroxyl groups is 1. The van der Waals surface area contributed by atoms with E-state index < -0.39 is 6.10 Å². The molecule has 0 unspecified atom stereocenters. The molecular weight excluding hydrogens is 180 g/mol. The molecule has 4 nitrogen and oxygen atoms in total. The van der Waals surface area contributed by atoms with E-state index in [4.69, 9.17) is 0 Å². The van der Waals surface area contributed by atoms with Gasteiger partial charge in [-0.3, -0.25) is 4.79 Å². The Hall–Kier alpha value is -0.900. The lowest BCUT2D eigenvalue weighted by Gasteiger charge is -2.42. The molecule has 1 heterocycles. The number of amides is 1. The van der Waals surface area contributed by atoms with E-state index in [9.17, 15) is 9.90 Å². The van der Waals surface area contributed by atoms with Crippen LogP contribution in [0.3, 0.4) is 0 Å². The normalized spacial score (nSPS) is 31.1. The maximum absolute atomic E-state index is 11.3. The predicted molar refractivity (Wildman–Crippen MR) is 52.8 cm³/mol. The van der Waals surface area contributed by atoms with Gasteiger partial charge in [-0.05, 0) is 19.8 Å². The van der Waals surface area contributed by atoms with Crippen molar-refractivity contribution in [2.75, 3.05) is 0 Å². The molecule has 14 heavy (non-hydrogen) atoms. The molecule has 0 radical (unpaired) electrons. The fraction of sp³-hybridized carbons (Fsp3) is 0.800. The summed E-state index contributed by atoms with van der Waals surface area (Å²) in [7, 11) is 0. The van der Waals surface area contributed by atoms with E-state index in [1.54, 1.807) is 0 Å². The van der Waals surface area contributed by atoms with Gasteiger partial charge in [0, 0.05) is 11.1 Å². The van der Waals surface area contributed by atoms with E-state index in [-0.39, 0.29) is 11.3 Å². The summed E-state index contributed by atoms with van der Waals surface area (Å²) in [6, 6.07) is 0. The highest BCUT2D eigenvalue weighted by molar-refractivity contribution is 5.98. The van der Waals surface area contributed by atoms with E-state index in [0.717, 1.165) is 31.4 Å². The number of aliphatic hydroxyl groups excluding tert-OH is 1. The molecule has 0 aromatic heterocycles. The summed E-state index contributed by atoms with van der Waals surface area (Å²) in [5.41, 5.74) is 2.87. The number of nitrogens with zero attached hydrogens (tertiary/aromatic N) is 1. The Morgan fingerprint density at radius 3 is 2.71 bits per heavy atom. The second-order valence-corrected chi connectivity index (χ2v) is 4.29. The molecule has 0 bridgehead atoms. The molecule has 2 aliphatic rings. The van der Waals surface area contributed by atoms with E-state index in [2.05, 4.69) is 10.5 Å². The number of nitrogens with one attached hydrogen (secondary N) is 1. The van der Waals surface area contributed by atoms with Gasteiger partial charge in [0.05, 0.1) is 0 Å². The molecule has 0 aromatic rings. The van der Waals surface area contributed by atoms with Crippen LogP contribution in [0.5, 0.6) is 0 Å². The molecule has 1 aliphatic heterocycles. The van der Waals surface area contributed by atoms with Gasteiger partial charge in [0.1, 0.15) is 6.10 Å². The summed E-state index contributed by atoms with van der Waals surface area (Å²) in [6.45, 7) is 1.90. The highest BCUT2D eigenvalue weighted by atomic mass is 16.3. The van der Waals surface area contributed by atoms with Crippen molar-refractivity contribution >= 4 is 11.6 Å². The van der Waals surface area contributed by atoms with Gasteiger partial charge in [-0.1, -0.05) is 19.3 Å². The maximum atomic E-state index is 11.3. The zero-order chi connectivity index (χ0) is 10.2. The topological polar surface area (TPSA) is 61.7 Å². The number of carbonyl (C=O) groups is 1. The zero-order valence-electron chi connectivity index (χ0n) is 8.42. The molecule has 2 rings (SSSR count). The van der Waals surface area contributed by atoms with Crippen LogP contribution in [-0.4, -0.2) is 22.8 Å². The standard InChI is InChI=1S/C10H16N2O2/c1-7-10(5-3-2-4-6-10)8(13)9(14)12-11-7/h8,13H,2-6H2,1H3,(H,12,14)/t8-/m1/s1. The molecule has 1 saturated carbocycles. The summed E-state index contributed by atoms with van der Waals surface area (Å²) in [5, 5.41) is 13.9. The van der Waals surface area contributed by atoms with Crippen LogP contribution in [-0.2, 0) is 4.79 Å². The second kappa shape index (κ2) is 3.35. The van der Waals surface area contributed by atoms with Crippen molar-refractivity contribution in [3.8, 4) is 0 Å². The second-order valence-electron chi connectivity index (χ2n) is 4.29. The molecule has 1 amide bonds. The largest absolute Gasteiger partial charge is 0.382 e. The molecule has 78 valence electrons. The molecule has 2 N–H and O–H groups in total. The number of hydrogen-bond donors (Lipinski definition) is 2. The molecule has 1 aliphatic carbocycles. The van der Waals surface area contributed by atoms with E-state index >= 15 is 0 Å². The molecule has 0 saturated heterocycles. The minimum Gasteiger partial charge on any atom is -0.382 e. The van der Waals surface area contributed by atoms with Crippen molar-refractivity contribution in [2.24, 2.45) is 10.5 Å². The van der Waals surface area contributed by atoms with Crippen LogP contribution < -0.4 is 5.43 Å². The summed E-state index contributed by atoms with van der Waals surface area (Å²) in [4.78, 5) is 11.3. The quantitative estimate of drug-likeness (QED) is 0.602. The van der Waals surface area contributed by atoms with Crippen LogP contribution in [0, 0.1) is 5.41 Å². The maximum Gasteiger partial charge on any atom is 0.269 e. The Kier molecular flexibility index (Phi) is 2.31. The van der Waals surface area contributed by atoms with Gasteiger partial charge in [-0.15, -0.1) is 0 Å². The van der Waals surface area contributed by atoms with E-state index in [1.165, 1.54) is 6.42 Å². The van der Waals surface area contributed by atoms with E-state index in [1.807, 2.05) is 6.92 Å². The lowest BCUT2D eigenvalue weighted by molar-refractivity contribution is -0.136. The summed E-state index contributed by atoms with van der Waals surface area (Å²) in [6.07, 6.45) is 4.23. The minimum absolute atomic E-state index is 0.350. The van der Waals surface area contributed by atoms with Crippen molar-refractivity contribution < 1.29 is 9.90 Å². The van der Waals surface area contributed by atoms with E-state index in [0.29, 0.717) is 0 Å². The molecule has 1 spiro atoms. The lowest BCUT2D eigenvalue weighted by Crippen LogP contribution is -2.54. The average molecular weight is 196 g/mol. The number of carbonyl (C=O) groups excluding carboxylic acids is 1. The Morgan fingerprint density at radius 2 is 2.07 bits per heavy atom. The highest BCUT2D eigenvalue weighted by Gasteiger charge is 2.47. The fourth-order valence-corrected chi connectivity index (χ4v) is 2.58. The smallest absolute Gasteiger partial charge is 0.269 e. The lowest BCUT2D eigenvalue weighted by atomic mass is 9.66. The first-order chi connectivity index (χ1) is 6.67. The van der Waals surface area contributed by atoms with Gasteiger partial charge in [0.15, 0.2) is 0 Å². The predicted octanol–water partition coefficient (Wildman–Crippen LogP) is 0.803. The van der Waals surface area contributed by atoms with Crippen LogP contribution in [0.25, 0.3) is 0 Å². The van der Waals surface area contributed by atoms with Crippen LogP contribution >= 0.6 is 0 Å². The number of hydrazone groups is 1. The monoisotopic (exact) mass is 196 g/mol. The Balaban J connectivity index is 2.32. The number of hydrogen-bond acceptors (Lipinski definition) is 3. The molecule has 4 heteroatoms. The molecule has 0 aromatic carbocycles. The Labute approximate surface area is 83.4 Å². The summed E-state index contributed by atoms with van der Waals surface area (Å²) in [5.74, 6) is -0.350. The van der Waals surface area contributed by atoms with Crippen molar-refractivity contribution in [3.05, 3.63) is 0 Å². The third-order valence-corrected chi connectivity index (χ3v) is 3.57. The average Bonchev–Trinajstić information content (AvgIpc) is 2.23. The van der Waals surface area contributed by atoms with Gasteiger partial charge >= 0.3 is 0 Å². The van der Waals surface area contributed by atoms with Gasteiger partial charge in [-0.25, -0.2) is 5.43 Å². The first kappa shape index (κ1) is 9.65. The Morgan fingerprint density at radius 1 is 1.43 bits per heavy atom. The number of rotatable bonds is 0. The highest BCUT2D eigenvalue weighted by Crippen LogP contribution is 2.41. The molecule has 1 fully saturated rings. The molecule has 1 atom stereocenters. The van der Waals surface area contributed by atoms with Gasteiger partial charge in [0.2, 0.25) is 0 Å². The van der Waals surface area contributed by atoms with Crippen molar-refractivity contribution in [2.45, 2.75) is 45.1 Å². The third-order valence-electron chi connectivity index (χ3n) is 3.57. The van der Waals surface area contributed by atoms with Crippen molar-refractivity contribution in [3.63, 3.8) is 0 Å². The third kappa shape index (κ3) is 1.25. The minimum atomic E-state index is -0.903. The van der Waals surface area contributed by atoms with Crippen LogP contribution in [0.1, 0.15) is 39.0 Å². The first-order valence-corrected chi connectivity index (χ1v) is 5.19. The SMILES string of the molecule is CC1=NNC(=O)[C@@H](O)C12CCCCC2. The zero-order valence-corrected chi connectivity index (χ0v) is 8.42. The Bertz CT molecular complexity index is 280. The summed E-state index contributed by atoms with van der Waals surface area (Å²) >= 11 is 0. The van der Waals surface area contributed by atoms with Gasteiger partial charge in [-0.2, -0.15) is 5.10 Å². The fourth-order valence-electron chi connectivity index (χ4n) is 2.58. The van der Waals surface area contributed by atoms with Gasteiger partial charge in [0.25, 0.3) is 5.91 Å². The molecular formula is C10H16N2O2. The van der Waals surface area contributed by atoms with Crippen molar-refractivity contribution in [1.29, 1.82) is 0 Å².